The van der Waals surface area contributed by atoms with Crippen LogP contribution in [0.25, 0.3) is 0 Å². The Morgan fingerprint density at radius 1 is 1.36 bits per heavy atom. The van der Waals surface area contributed by atoms with Crippen molar-refractivity contribution in [3.05, 3.63) is 0 Å². The fourth-order valence-corrected chi connectivity index (χ4v) is 0.597. The fraction of sp³-hybridized carbons (Fsp3) is 0.714. The molecule has 2 N–H and O–H groups in total. The number of hydrogen-bond acceptors (Lipinski definition) is 3. The van der Waals surface area contributed by atoms with E-state index >= 15 is 0 Å². The first-order chi connectivity index (χ1) is 6.56. The van der Waals surface area contributed by atoms with Crippen molar-refractivity contribution in [3.8, 4) is 0 Å². The summed E-state index contributed by atoms with van der Waals surface area (Å²) < 4.78 is 27.6. The summed E-state index contributed by atoms with van der Waals surface area (Å²) in [5, 5.41) is 3.94. The summed E-state index contributed by atoms with van der Waals surface area (Å²) in [6.45, 7) is 0.755. The van der Waals surface area contributed by atoms with E-state index in [-0.39, 0.29) is 13.2 Å². The van der Waals surface area contributed by atoms with Crippen LogP contribution in [0, 0.1) is 0 Å². The van der Waals surface area contributed by atoms with E-state index in [1.807, 2.05) is 5.32 Å². The second kappa shape index (κ2) is 7.05. The van der Waals surface area contributed by atoms with Gasteiger partial charge in [0, 0.05) is 0 Å². The van der Waals surface area contributed by atoms with Crippen molar-refractivity contribution >= 4 is 12.0 Å². The topological polar surface area (TPSA) is 67.4 Å². The lowest BCUT2D eigenvalue weighted by Gasteiger charge is -2.06. The second-order valence-corrected chi connectivity index (χ2v) is 2.26. The Morgan fingerprint density at radius 3 is 2.50 bits per heavy atom. The van der Waals surface area contributed by atoms with Gasteiger partial charge in [0.2, 0.25) is 0 Å². The van der Waals surface area contributed by atoms with Crippen LogP contribution in [0.15, 0.2) is 0 Å². The van der Waals surface area contributed by atoms with Crippen LogP contribution < -0.4 is 10.6 Å². The van der Waals surface area contributed by atoms with Crippen molar-refractivity contribution in [2.24, 2.45) is 0 Å². The Bertz CT molecular complexity index is 199. The molecule has 7 heteroatoms. The normalized spacial score (nSPS) is 9.71. The first-order valence-corrected chi connectivity index (χ1v) is 4.01. The minimum atomic E-state index is -2.61. The Balaban J connectivity index is 3.48. The van der Waals surface area contributed by atoms with Gasteiger partial charge in [0.15, 0.2) is 0 Å². The second-order valence-electron chi connectivity index (χ2n) is 2.26. The predicted molar refractivity (Wildman–Crippen MR) is 44.0 cm³/mol. The molecule has 0 unspecified atom stereocenters. The molecule has 0 saturated carbocycles. The van der Waals surface area contributed by atoms with Gasteiger partial charge in [0.1, 0.15) is 6.54 Å². The highest BCUT2D eigenvalue weighted by atomic mass is 19.3. The first-order valence-electron chi connectivity index (χ1n) is 4.01. The number of rotatable bonds is 5. The highest BCUT2D eigenvalue weighted by Gasteiger charge is 2.07. The van der Waals surface area contributed by atoms with Crippen LogP contribution >= 0.6 is 0 Å². The van der Waals surface area contributed by atoms with Crippen molar-refractivity contribution in [1.29, 1.82) is 0 Å². The molecule has 0 radical (unpaired) electrons. The fourth-order valence-electron chi connectivity index (χ4n) is 0.597. The Kier molecular flexibility index (Phi) is 6.34. The third-order valence-electron chi connectivity index (χ3n) is 1.12. The lowest BCUT2D eigenvalue weighted by molar-refractivity contribution is -0.141. The summed E-state index contributed by atoms with van der Waals surface area (Å²) >= 11 is 0. The van der Waals surface area contributed by atoms with E-state index in [1.54, 1.807) is 6.92 Å². The van der Waals surface area contributed by atoms with Gasteiger partial charge < -0.3 is 15.4 Å². The lowest BCUT2D eigenvalue weighted by Crippen LogP contribution is -2.40. The minimum Gasteiger partial charge on any atom is -0.465 e. The van der Waals surface area contributed by atoms with Crippen LogP contribution in [0.5, 0.6) is 0 Å². The maximum absolute atomic E-state index is 11.6. The van der Waals surface area contributed by atoms with Crippen LogP contribution in [0.2, 0.25) is 0 Å². The number of amides is 2. The molecule has 0 aliphatic rings. The average molecular weight is 210 g/mol. The Labute approximate surface area is 79.8 Å². The van der Waals surface area contributed by atoms with Gasteiger partial charge in [0.25, 0.3) is 6.43 Å². The molecule has 2 amide bonds. The van der Waals surface area contributed by atoms with Gasteiger partial charge in [-0.1, -0.05) is 0 Å². The zero-order chi connectivity index (χ0) is 11.0. The maximum Gasteiger partial charge on any atom is 0.325 e. The summed E-state index contributed by atoms with van der Waals surface area (Å²) in [5.41, 5.74) is 0. The van der Waals surface area contributed by atoms with Crippen molar-refractivity contribution < 1.29 is 23.1 Å². The maximum atomic E-state index is 11.6. The van der Waals surface area contributed by atoms with E-state index in [4.69, 9.17) is 0 Å². The first kappa shape index (κ1) is 12.6. The monoisotopic (exact) mass is 210 g/mol. The summed E-state index contributed by atoms with van der Waals surface area (Å²) in [6.07, 6.45) is -2.61. The van der Waals surface area contributed by atoms with Crippen molar-refractivity contribution in [2.75, 3.05) is 19.7 Å². The zero-order valence-electron chi connectivity index (χ0n) is 7.68. The smallest absolute Gasteiger partial charge is 0.325 e. The average Bonchev–Trinajstić information content (AvgIpc) is 2.12. The molecule has 0 rings (SSSR count). The molecule has 0 fully saturated rings. The molecule has 5 nitrogen and oxygen atoms in total. The number of esters is 1. The highest BCUT2D eigenvalue weighted by Crippen LogP contribution is 1.86. The Hall–Kier alpha value is -1.40. The van der Waals surface area contributed by atoms with E-state index in [9.17, 15) is 18.4 Å². The molecule has 0 aromatic carbocycles. The summed E-state index contributed by atoms with van der Waals surface area (Å²) in [7, 11) is 0. The molecule has 82 valence electrons. The van der Waals surface area contributed by atoms with Gasteiger partial charge >= 0.3 is 12.0 Å². The zero-order valence-corrected chi connectivity index (χ0v) is 7.68. The molecule has 0 aromatic heterocycles. The minimum absolute atomic E-state index is 0.208. The van der Waals surface area contributed by atoms with Gasteiger partial charge in [-0.3, -0.25) is 4.79 Å². The number of hydrogen-bond donors (Lipinski definition) is 2. The molecule has 0 aromatic rings. The Morgan fingerprint density at radius 2 is 2.00 bits per heavy atom. The van der Waals surface area contributed by atoms with Gasteiger partial charge in [-0.2, -0.15) is 0 Å². The van der Waals surface area contributed by atoms with Gasteiger partial charge in [0.05, 0.1) is 13.2 Å². The third-order valence-corrected chi connectivity index (χ3v) is 1.12. The van der Waals surface area contributed by atoms with Crippen molar-refractivity contribution in [3.63, 3.8) is 0 Å². The molecule has 0 aliphatic carbocycles. The standard InChI is InChI=1S/C7H12F2N2O3/c1-2-14-6(12)4-11-7(13)10-3-5(8)9/h5H,2-4H2,1H3,(H2,10,11,13). The largest absolute Gasteiger partial charge is 0.465 e. The van der Waals surface area contributed by atoms with E-state index < -0.39 is 25.0 Å². The van der Waals surface area contributed by atoms with Crippen LogP contribution in [0.1, 0.15) is 6.92 Å². The number of alkyl halides is 2. The predicted octanol–water partition coefficient (Wildman–Crippen LogP) is 0.114. The van der Waals surface area contributed by atoms with E-state index in [2.05, 4.69) is 10.1 Å². The van der Waals surface area contributed by atoms with E-state index in [0.717, 1.165) is 0 Å². The third kappa shape index (κ3) is 7.26. The molecule has 0 saturated heterocycles. The molecule has 0 spiro atoms. The molecule has 0 aliphatic heterocycles. The molecular formula is C7H12F2N2O3. The quantitative estimate of drug-likeness (QED) is 0.633. The summed E-state index contributed by atoms with van der Waals surface area (Å²) in [4.78, 5) is 21.4. The van der Waals surface area contributed by atoms with Gasteiger partial charge in [-0.05, 0) is 6.92 Å². The van der Waals surface area contributed by atoms with Gasteiger partial charge in [-0.15, -0.1) is 0 Å². The molecule has 14 heavy (non-hydrogen) atoms. The van der Waals surface area contributed by atoms with Gasteiger partial charge in [-0.25, -0.2) is 13.6 Å². The SMILES string of the molecule is CCOC(=O)CNC(=O)NCC(F)F. The van der Waals surface area contributed by atoms with Crippen LogP contribution in [-0.4, -0.2) is 38.1 Å². The number of urea groups is 1. The molecule has 0 bridgehead atoms. The molecule has 0 heterocycles. The van der Waals surface area contributed by atoms with Crippen molar-refractivity contribution in [2.45, 2.75) is 13.3 Å². The summed E-state index contributed by atoms with van der Waals surface area (Å²) in [6, 6.07) is -0.821. The van der Waals surface area contributed by atoms with Crippen LogP contribution in [0.3, 0.4) is 0 Å². The van der Waals surface area contributed by atoms with Crippen molar-refractivity contribution in [1.82, 2.24) is 10.6 Å². The van der Waals surface area contributed by atoms with Crippen LogP contribution in [-0.2, 0) is 9.53 Å². The molecular weight excluding hydrogens is 198 g/mol. The summed E-state index contributed by atoms with van der Waals surface area (Å²) in [5.74, 6) is -0.611. The number of carbonyl (C=O) groups excluding carboxylic acids is 2. The number of ether oxygens (including phenoxy) is 1. The number of carbonyl (C=O) groups is 2. The number of nitrogens with one attached hydrogen (secondary N) is 2. The van der Waals surface area contributed by atoms with E-state index in [0.29, 0.717) is 0 Å². The molecule has 0 atom stereocenters. The lowest BCUT2D eigenvalue weighted by atomic mass is 10.6. The van der Waals surface area contributed by atoms with Crippen LogP contribution in [0.4, 0.5) is 13.6 Å². The highest BCUT2D eigenvalue weighted by molar-refractivity contribution is 5.80. The van der Waals surface area contributed by atoms with E-state index in [1.165, 1.54) is 0 Å². The number of halogens is 2.